The number of urea groups is 1. The van der Waals surface area contributed by atoms with Crippen molar-refractivity contribution in [2.45, 2.75) is 63.3 Å². The summed E-state index contributed by atoms with van der Waals surface area (Å²) in [5.74, 6) is 0.696. The summed E-state index contributed by atoms with van der Waals surface area (Å²) in [5.41, 5.74) is -0.564. The van der Waals surface area contributed by atoms with Gasteiger partial charge in [0.05, 0.1) is 0 Å². The average molecular weight is 287 g/mol. The molecule has 4 nitrogen and oxygen atoms in total. The normalized spacial score (nSPS) is 22.1. The molecule has 1 N–H and O–H groups in total. The third-order valence-corrected chi connectivity index (χ3v) is 4.49. The van der Waals surface area contributed by atoms with Crippen LogP contribution in [-0.2, 0) is 4.79 Å². The minimum absolute atomic E-state index is 0.00884. The van der Waals surface area contributed by atoms with Crippen molar-refractivity contribution in [1.29, 1.82) is 0 Å². The van der Waals surface area contributed by atoms with Gasteiger partial charge in [0.2, 0.25) is 0 Å². The van der Waals surface area contributed by atoms with Crippen LogP contribution in [0.3, 0.4) is 0 Å². The van der Waals surface area contributed by atoms with Crippen LogP contribution in [0.5, 0.6) is 0 Å². The Labute approximate surface area is 119 Å². The number of hydrogen-bond donors (Lipinski definition) is 1. The van der Waals surface area contributed by atoms with Crippen LogP contribution in [0.1, 0.15) is 57.8 Å². The minimum atomic E-state index is -0.564. The molecule has 1 aliphatic heterocycles. The number of rotatable bonds is 6. The Balaban J connectivity index is 1.84. The van der Waals surface area contributed by atoms with Crippen LogP contribution in [-0.4, -0.2) is 34.8 Å². The van der Waals surface area contributed by atoms with E-state index in [2.05, 4.69) is 5.32 Å². The summed E-state index contributed by atoms with van der Waals surface area (Å²) >= 11 is 5.62. The van der Waals surface area contributed by atoms with Crippen molar-refractivity contribution in [2.24, 2.45) is 0 Å². The third kappa shape index (κ3) is 3.22. The molecule has 1 saturated heterocycles. The van der Waals surface area contributed by atoms with E-state index in [9.17, 15) is 9.59 Å². The molecule has 108 valence electrons. The highest BCUT2D eigenvalue weighted by atomic mass is 35.5. The maximum atomic E-state index is 12.4. The van der Waals surface area contributed by atoms with Gasteiger partial charge in [0, 0.05) is 12.4 Å². The predicted molar refractivity (Wildman–Crippen MR) is 75.2 cm³/mol. The molecule has 0 aromatic heterocycles. The molecule has 2 aliphatic rings. The predicted octanol–water partition coefficient (Wildman–Crippen LogP) is 3.04. The molecule has 0 atom stereocenters. The maximum Gasteiger partial charge on any atom is 0.325 e. The molecule has 0 radical (unpaired) electrons. The first-order chi connectivity index (χ1) is 9.19. The molecule has 5 heteroatoms. The fraction of sp³-hybridized carbons (Fsp3) is 0.857. The first-order valence-electron chi connectivity index (χ1n) is 7.40. The van der Waals surface area contributed by atoms with Gasteiger partial charge < -0.3 is 5.32 Å². The first-order valence-corrected chi connectivity index (χ1v) is 7.93. The summed E-state index contributed by atoms with van der Waals surface area (Å²) in [6.07, 6.45) is 8.84. The first kappa shape index (κ1) is 14.6. The van der Waals surface area contributed by atoms with Crippen LogP contribution in [0.15, 0.2) is 0 Å². The van der Waals surface area contributed by atoms with Crippen molar-refractivity contribution >= 4 is 23.5 Å². The van der Waals surface area contributed by atoms with Gasteiger partial charge in [0.1, 0.15) is 5.54 Å². The fourth-order valence-electron chi connectivity index (χ4n) is 3.09. The van der Waals surface area contributed by atoms with Gasteiger partial charge in [-0.1, -0.05) is 32.1 Å². The van der Waals surface area contributed by atoms with Crippen molar-refractivity contribution in [3.05, 3.63) is 0 Å². The van der Waals surface area contributed by atoms with Crippen LogP contribution in [0.2, 0.25) is 0 Å². The highest BCUT2D eigenvalue weighted by molar-refractivity contribution is 6.17. The lowest BCUT2D eigenvalue weighted by molar-refractivity contribution is -0.132. The molecule has 0 aromatic carbocycles. The molecule has 1 heterocycles. The Hall–Kier alpha value is -0.770. The van der Waals surface area contributed by atoms with E-state index in [1.807, 2.05) is 0 Å². The van der Waals surface area contributed by atoms with E-state index in [4.69, 9.17) is 11.6 Å². The third-order valence-electron chi connectivity index (χ3n) is 4.22. The van der Waals surface area contributed by atoms with Gasteiger partial charge in [-0.3, -0.25) is 9.69 Å². The second-order valence-electron chi connectivity index (χ2n) is 5.63. The topological polar surface area (TPSA) is 49.4 Å². The number of carbonyl (C=O) groups excluding carboxylic acids is 2. The van der Waals surface area contributed by atoms with E-state index in [0.717, 1.165) is 51.4 Å². The lowest BCUT2D eigenvalue weighted by Crippen LogP contribution is -2.48. The fourth-order valence-corrected chi connectivity index (χ4v) is 3.28. The molecule has 1 saturated carbocycles. The molecule has 0 unspecified atom stereocenters. The highest BCUT2D eigenvalue weighted by Crippen LogP contribution is 2.33. The van der Waals surface area contributed by atoms with E-state index in [-0.39, 0.29) is 11.9 Å². The molecule has 19 heavy (non-hydrogen) atoms. The molecule has 0 aromatic rings. The Morgan fingerprint density at radius 3 is 2.42 bits per heavy atom. The Morgan fingerprint density at radius 1 is 1.05 bits per heavy atom. The molecule has 0 bridgehead atoms. The highest BCUT2D eigenvalue weighted by Gasteiger charge is 2.50. The zero-order valence-electron chi connectivity index (χ0n) is 11.4. The number of unbranched alkanes of at least 4 members (excludes halogenated alkanes) is 3. The zero-order valence-corrected chi connectivity index (χ0v) is 12.2. The SMILES string of the molecule is O=C1NC2(CCCCC2)C(=O)N1CCCCCCCl. The molecule has 2 rings (SSSR count). The zero-order chi connectivity index (χ0) is 13.7. The Kier molecular flexibility index (Phi) is 5.08. The van der Waals surface area contributed by atoms with Gasteiger partial charge in [0.15, 0.2) is 0 Å². The van der Waals surface area contributed by atoms with Crippen molar-refractivity contribution < 1.29 is 9.59 Å². The summed E-state index contributed by atoms with van der Waals surface area (Å²) in [6, 6.07) is -0.191. The summed E-state index contributed by atoms with van der Waals surface area (Å²) in [5, 5.41) is 2.94. The van der Waals surface area contributed by atoms with Crippen molar-refractivity contribution in [1.82, 2.24) is 10.2 Å². The minimum Gasteiger partial charge on any atom is -0.323 e. The molecule has 3 amide bonds. The van der Waals surface area contributed by atoms with Crippen molar-refractivity contribution in [2.75, 3.05) is 12.4 Å². The summed E-state index contributed by atoms with van der Waals surface area (Å²) < 4.78 is 0. The van der Waals surface area contributed by atoms with Crippen LogP contribution in [0, 0.1) is 0 Å². The second-order valence-corrected chi connectivity index (χ2v) is 6.01. The Bertz CT molecular complexity index is 340. The number of nitrogens with one attached hydrogen (secondary N) is 1. The van der Waals surface area contributed by atoms with Gasteiger partial charge in [-0.05, 0) is 25.7 Å². The van der Waals surface area contributed by atoms with Crippen LogP contribution in [0.4, 0.5) is 4.79 Å². The Morgan fingerprint density at radius 2 is 1.74 bits per heavy atom. The van der Waals surface area contributed by atoms with E-state index < -0.39 is 5.54 Å². The molecular weight excluding hydrogens is 264 g/mol. The second kappa shape index (κ2) is 6.60. The molecule has 1 aliphatic carbocycles. The maximum absolute atomic E-state index is 12.4. The number of halogens is 1. The van der Waals surface area contributed by atoms with Crippen molar-refractivity contribution in [3.8, 4) is 0 Å². The van der Waals surface area contributed by atoms with E-state index in [1.165, 1.54) is 11.3 Å². The lowest BCUT2D eigenvalue weighted by Gasteiger charge is -2.30. The molecular formula is C14H23ClN2O2. The monoisotopic (exact) mass is 286 g/mol. The van der Waals surface area contributed by atoms with Gasteiger partial charge >= 0.3 is 6.03 Å². The number of amides is 3. The van der Waals surface area contributed by atoms with Gasteiger partial charge in [0.25, 0.3) is 5.91 Å². The number of alkyl halides is 1. The number of imide groups is 1. The quantitative estimate of drug-likeness (QED) is 0.463. The van der Waals surface area contributed by atoms with E-state index >= 15 is 0 Å². The van der Waals surface area contributed by atoms with Crippen LogP contribution < -0.4 is 5.32 Å². The van der Waals surface area contributed by atoms with Crippen molar-refractivity contribution in [3.63, 3.8) is 0 Å². The summed E-state index contributed by atoms with van der Waals surface area (Å²) in [6.45, 7) is 0.550. The summed E-state index contributed by atoms with van der Waals surface area (Å²) in [7, 11) is 0. The summed E-state index contributed by atoms with van der Waals surface area (Å²) in [4.78, 5) is 25.8. The smallest absolute Gasteiger partial charge is 0.323 e. The molecule has 1 spiro atoms. The largest absolute Gasteiger partial charge is 0.325 e. The van der Waals surface area contributed by atoms with Gasteiger partial charge in [-0.15, -0.1) is 11.6 Å². The van der Waals surface area contributed by atoms with Gasteiger partial charge in [-0.25, -0.2) is 4.79 Å². The number of nitrogens with zero attached hydrogens (tertiary/aromatic N) is 1. The number of hydrogen-bond acceptors (Lipinski definition) is 2. The lowest BCUT2D eigenvalue weighted by atomic mass is 9.82. The van der Waals surface area contributed by atoms with E-state index in [1.54, 1.807) is 0 Å². The van der Waals surface area contributed by atoms with Gasteiger partial charge in [-0.2, -0.15) is 0 Å². The van der Waals surface area contributed by atoms with Crippen LogP contribution >= 0.6 is 11.6 Å². The average Bonchev–Trinajstić information content (AvgIpc) is 2.63. The van der Waals surface area contributed by atoms with E-state index in [0.29, 0.717) is 12.4 Å². The number of carbonyl (C=O) groups is 2. The molecule has 2 fully saturated rings. The standard InChI is InChI=1S/C14H23ClN2O2/c15-10-6-1-2-7-11-17-12(18)14(16-13(17)19)8-4-3-5-9-14/h1-11H2,(H,16,19). The van der Waals surface area contributed by atoms with Crippen LogP contribution in [0.25, 0.3) is 0 Å².